The first-order valence-corrected chi connectivity index (χ1v) is 7.06. The van der Waals surface area contributed by atoms with Crippen LogP contribution in [0.3, 0.4) is 0 Å². The van der Waals surface area contributed by atoms with Crippen molar-refractivity contribution >= 4 is 17.5 Å². The third-order valence-electron chi connectivity index (χ3n) is 3.00. The van der Waals surface area contributed by atoms with Gasteiger partial charge in [0, 0.05) is 0 Å². The van der Waals surface area contributed by atoms with E-state index in [4.69, 9.17) is 0 Å². The van der Waals surface area contributed by atoms with Crippen molar-refractivity contribution in [3.63, 3.8) is 0 Å². The Labute approximate surface area is 147 Å². The first kappa shape index (κ1) is 20.2. The molecular weight excluding hydrogens is 384 g/mol. The molecule has 0 bridgehead atoms. The number of allylic oxidation sites excluding steroid dienone is 4. The summed E-state index contributed by atoms with van der Waals surface area (Å²) >= 11 is 0. The van der Waals surface area contributed by atoms with Gasteiger partial charge in [-0.2, -0.15) is 22.0 Å². The Morgan fingerprint density at radius 3 is 2.04 bits per heavy atom. The van der Waals surface area contributed by atoms with Crippen LogP contribution in [0.15, 0.2) is 53.7 Å². The number of ketones is 1. The average Bonchev–Trinajstić information content (AvgIpc) is 2.60. The summed E-state index contributed by atoms with van der Waals surface area (Å²) < 4.78 is 78.9. The number of hydrogen-bond donors (Lipinski definition) is 0. The van der Waals surface area contributed by atoms with E-state index in [1.54, 1.807) is 0 Å². The minimum Gasteiger partial charge on any atom is -0.430 e. The molecule has 0 amide bonds. The fourth-order valence-corrected chi connectivity index (χ4v) is 1.71. The highest BCUT2D eigenvalue weighted by Gasteiger charge is 2.59. The molecule has 27 heavy (non-hydrogen) atoms. The zero-order valence-corrected chi connectivity index (χ0v) is 13.0. The highest BCUT2D eigenvalue weighted by atomic mass is 19.4. The van der Waals surface area contributed by atoms with E-state index in [-0.39, 0.29) is 17.1 Å². The molecule has 0 aromatic heterocycles. The van der Waals surface area contributed by atoms with Crippen molar-refractivity contribution in [1.29, 1.82) is 0 Å². The van der Waals surface area contributed by atoms with Gasteiger partial charge in [-0.3, -0.25) is 4.79 Å². The van der Waals surface area contributed by atoms with Gasteiger partial charge in [-0.25, -0.2) is 9.18 Å². The lowest BCUT2D eigenvalue weighted by Crippen LogP contribution is -2.45. The first-order valence-electron chi connectivity index (χ1n) is 7.06. The summed E-state index contributed by atoms with van der Waals surface area (Å²) in [7, 11) is 0. The quantitative estimate of drug-likeness (QED) is 0.331. The average molecular weight is 393 g/mol. The van der Waals surface area contributed by atoms with Crippen LogP contribution in [-0.2, 0) is 9.63 Å². The third kappa shape index (κ3) is 5.43. The summed E-state index contributed by atoms with van der Waals surface area (Å²) in [5, 5.41) is 3.44. The Hall–Kier alpha value is -3.11. The van der Waals surface area contributed by atoms with E-state index in [0.29, 0.717) is 0 Å². The number of carbonyl (C=O) groups is 2. The number of ether oxygens (including phenoxy) is 1. The SMILES string of the molecule is O=C1C=CC(=NOC(=O)c2ccc(OC(F)(F)C(F)C(F)(F)F)cc2)C=C1. The van der Waals surface area contributed by atoms with E-state index in [2.05, 4.69) is 14.7 Å². The number of alkyl halides is 6. The molecule has 11 heteroatoms. The molecule has 1 aliphatic rings. The Kier molecular flexibility index (Phi) is 5.72. The second-order valence-electron chi connectivity index (χ2n) is 5.06. The van der Waals surface area contributed by atoms with Gasteiger partial charge in [-0.05, 0) is 48.6 Å². The van der Waals surface area contributed by atoms with E-state index in [0.717, 1.165) is 24.3 Å². The number of oxime groups is 1. The van der Waals surface area contributed by atoms with Crippen LogP contribution in [0, 0.1) is 0 Å². The number of carbonyl (C=O) groups excluding carboxylic acids is 2. The fraction of sp³-hybridized carbons (Fsp3) is 0.188. The number of rotatable bonds is 5. The maximum Gasteiger partial charge on any atom is 0.439 e. The second-order valence-corrected chi connectivity index (χ2v) is 5.06. The van der Waals surface area contributed by atoms with Crippen molar-refractivity contribution in [2.45, 2.75) is 18.5 Å². The summed E-state index contributed by atoms with van der Waals surface area (Å²) in [5.41, 5.74) is -0.0360. The lowest BCUT2D eigenvalue weighted by Gasteiger charge is -2.23. The molecule has 1 unspecified atom stereocenters. The van der Waals surface area contributed by atoms with Gasteiger partial charge in [0.05, 0.1) is 5.56 Å². The van der Waals surface area contributed by atoms with Crippen molar-refractivity contribution in [1.82, 2.24) is 0 Å². The Balaban J connectivity index is 2.01. The summed E-state index contributed by atoms with van der Waals surface area (Å²) in [6.45, 7) is 0. The number of benzene rings is 1. The largest absolute Gasteiger partial charge is 0.439 e. The molecule has 0 aliphatic heterocycles. The van der Waals surface area contributed by atoms with Crippen LogP contribution in [0.1, 0.15) is 10.4 Å². The Morgan fingerprint density at radius 2 is 1.52 bits per heavy atom. The second kappa shape index (κ2) is 7.64. The maximum absolute atomic E-state index is 13.1. The van der Waals surface area contributed by atoms with E-state index in [9.17, 15) is 35.9 Å². The minimum absolute atomic E-state index is 0.156. The van der Waals surface area contributed by atoms with Gasteiger partial charge in [0.2, 0.25) is 0 Å². The molecule has 0 spiro atoms. The zero-order valence-electron chi connectivity index (χ0n) is 13.0. The van der Waals surface area contributed by atoms with Crippen molar-refractivity contribution in [3.05, 3.63) is 54.1 Å². The lowest BCUT2D eigenvalue weighted by atomic mass is 10.2. The number of hydrogen-bond acceptors (Lipinski definition) is 5. The summed E-state index contributed by atoms with van der Waals surface area (Å²) in [6, 6.07) is 3.29. The van der Waals surface area contributed by atoms with Crippen molar-refractivity contribution < 1.29 is 45.5 Å². The predicted octanol–water partition coefficient (Wildman–Crippen LogP) is 3.77. The summed E-state index contributed by atoms with van der Waals surface area (Å²) in [4.78, 5) is 27.2. The first-order chi connectivity index (χ1) is 12.5. The molecule has 5 nitrogen and oxygen atoms in total. The molecule has 1 aliphatic carbocycles. The highest BCUT2D eigenvalue weighted by molar-refractivity contribution is 6.16. The molecule has 1 aromatic carbocycles. The van der Waals surface area contributed by atoms with Crippen LogP contribution in [0.2, 0.25) is 0 Å². The van der Waals surface area contributed by atoms with Crippen LogP contribution in [0.5, 0.6) is 5.75 Å². The molecule has 0 saturated heterocycles. The molecule has 144 valence electrons. The predicted molar refractivity (Wildman–Crippen MR) is 79.1 cm³/mol. The van der Waals surface area contributed by atoms with Crippen LogP contribution < -0.4 is 4.74 Å². The topological polar surface area (TPSA) is 65.0 Å². The molecule has 0 radical (unpaired) electrons. The molecule has 0 saturated carbocycles. The molecule has 0 fully saturated rings. The van der Waals surface area contributed by atoms with Crippen LogP contribution >= 0.6 is 0 Å². The van der Waals surface area contributed by atoms with E-state index < -0.39 is 30.2 Å². The molecule has 0 N–H and O–H groups in total. The number of halogens is 6. The minimum atomic E-state index is -5.81. The van der Waals surface area contributed by atoms with Crippen molar-refractivity contribution in [2.24, 2.45) is 5.16 Å². The van der Waals surface area contributed by atoms with Gasteiger partial charge in [-0.1, -0.05) is 5.16 Å². The molecule has 1 atom stereocenters. The Morgan fingerprint density at radius 1 is 0.963 bits per heavy atom. The molecular formula is C16H9F6NO4. The van der Waals surface area contributed by atoms with Gasteiger partial charge in [0.1, 0.15) is 11.5 Å². The smallest absolute Gasteiger partial charge is 0.430 e. The van der Waals surface area contributed by atoms with Crippen molar-refractivity contribution in [2.75, 3.05) is 0 Å². The summed E-state index contributed by atoms with van der Waals surface area (Å²) in [6.07, 6.45) is -10.6. The highest BCUT2D eigenvalue weighted by Crippen LogP contribution is 2.36. The van der Waals surface area contributed by atoms with Gasteiger partial charge < -0.3 is 9.57 Å². The van der Waals surface area contributed by atoms with Gasteiger partial charge >= 0.3 is 18.3 Å². The zero-order chi connectivity index (χ0) is 20.2. The summed E-state index contributed by atoms with van der Waals surface area (Å²) in [5.74, 6) is -2.10. The van der Waals surface area contributed by atoms with Crippen molar-refractivity contribution in [3.8, 4) is 5.75 Å². The number of nitrogens with zero attached hydrogens (tertiary/aromatic N) is 1. The van der Waals surface area contributed by atoms with Gasteiger partial charge in [0.15, 0.2) is 5.78 Å². The third-order valence-corrected chi connectivity index (χ3v) is 3.00. The van der Waals surface area contributed by atoms with Crippen LogP contribution in [0.4, 0.5) is 26.3 Å². The maximum atomic E-state index is 13.1. The van der Waals surface area contributed by atoms with E-state index >= 15 is 0 Å². The molecule has 2 rings (SSSR count). The van der Waals surface area contributed by atoms with Gasteiger partial charge in [-0.15, -0.1) is 0 Å². The lowest BCUT2D eigenvalue weighted by molar-refractivity contribution is -0.304. The van der Waals surface area contributed by atoms with Gasteiger partial charge in [0.25, 0.3) is 6.17 Å². The fourth-order valence-electron chi connectivity index (χ4n) is 1.71. The van der Waals surface area contributed by atoms with Crippen LogP contribution in [0.25, 0.3) is 0 Å². The normalized spacial score (nSPS) is 15.5. The van der Waals surface area contributed by atoms with E-state index in [1.807, 2.05) is 0 Å². The van der Waals surface area contributed by atoms with E-state index in [1.165, 1.54) is 24.3 Å². The monoisotopic (exact) mass is 393 g/mol. The molecule has 1 aromatic rings. The molecule has 0 heterocycles. The Bertz CT molecular complexity index is 793. The standard InChI is InChI=1S/C16H9F6NO4/c17-14(15(18,19)20)16(21,22)26-12-7-1-9(2-8-12)13(25)27-23-10-3-5-11(24)6-4-10/h1-8,14H. The van der Waals surface area contributed by atoms with Crippen LogP contribution in [-0.4, -0.2) is 35.9 Å².